The third-order valence-electron chi connectivity index (χ3n) is 3.74. The third kappa shape index (κ3) is 5.98. The average molecular weight is 381 g/mol. The smallest absolute Gasteiger partial charge is 0.379 e. The third-order valence-corrected chi connectivity index (χ3v) is 3.99. The van der Waals surface area contributed by atoms with Crippen molar-refractivity contribution >= 4 is 17.4 Å². The number of allylic oxidation sites excluding steroid dienone is 1. The van der Waals surface area contributed by atoms with E-state index < -0.39 is 17.1 Å². The maximum Gasteiger partial charge on any atom is 0.454 e. The summed E-state index contributed by atoms with van der Waals surface area (Å²) in [5.74, 6) is -2.42. The van der Waals surface area contributed by atoms with Crippen molar-refractivity contribution in [3.63, 3.8) is 0 Å². The first-order chi connectivity index (χ1) is 11.8. The summed E-state index contributed by atoms with van der Waals surface area (Å²) in [4.78, 5) is 13.0. The van der Waals surface area contributed by atoms with Crippen LogP contribution in [0.25, 0.3) is 0 Å². The van der Waals surface area contributed by atoms with Crippen LogP contribution < -0.4 is 5.32 Å². The first-order valence-electron chi connectivity index (χ1n) is 7.57. The highest BCUT2D eigenvalue weighted by Gasteiger charge is 2.36. The number of hydrogen-bond donors (Lipinski definition) is 1. The normalized spacial score (nSPS) is 18.0. The molecule has 0 aromatic heterocycles. The van der Waals surface area contributed by atoms with E-state index in [1.54, 1.807) is 12.1 Å². The van der Waals surface area contributed by atoms with Crippen molar-refractivity contribution < 1.29 is 27.1 Å². The Kier molecular flexibility index (Phi) is 6.80. The summed E-state index contributed by atoms with van der Waals surface area (Å²) in [6.45, 7) is 2.44. The van der Waals surface area contributed by atoms with Gasteiger partial charge < -0.3 is 10.1 Å². The van der Waals surface area contributed by atoms with Crippen molar-refractivity contribution in [1.82, 2.24) is 10.2 Å². The minimum Gasteiger partial charge on any atom is -0.379 e. The lowest BCUT2D eigenvalue weighted by Crippen LogP contribution is -2.42. The number of ketones is 1. The molecule has 1 aliphatic heterocycles. The van der Waals surface area contributed by atoms with E-state index in [1.807, 2.05) is 0 Å². The van der Waals surface area contributed by atoms with Crippen molar-refractivity contribution in [3.05, 3.63) is 46.9 Å². The highest BCUT2D eigenvalue weighted by Crippen LogP contribution is 2.23. The molecular weight excluding hydrogens is 364 g/mol. The molecule has 0 radical (unpaired) electrons. The van der Waals surface area contributed by atoms with Crippen LogP contribution in [0.15, 0.2) is 35.5 Å². The highest BCUT2D eigenvalue weighted by molar-refractivity contribution is 6.30. The van der Waals surface area contributed by atoms with Crippen molar-refractivity contribution in [1.29, 1.82) is 0 Å². The molecule has 1 aromatic rings. The molecule has 1 unspecified atom stereocenters. The maximum absolute atomic E-state index is 13.1. The Morgan fingerprint density at radius 3 is 2.44 bits per heavy atom. The zero-order valence-corrected chi connectivity index (χ0v) is 13.9. The standard InChI is InChI=1S/C16H17ClF4N2O2/c17-15(9-14(24)16(19,20)21)22-10-13(23-5-7-25-8-6-23)11-1-3-12(18)4-2-11/h1-4,9,13,22H,5-8,10H2/b15-9+. The molecule has 4 nitrogen and oxygen atoms in total. The molecule has 2 rings (SSSR count). The largest absolute Gasteiger partial charge is 0.454 e. The summed E-state index contributed by atoms with van der Waals surface area (Å²) in [7, 11) is 0. The van der Waals surface area contributed by atoms with Crippen LogP contribution in [-0.2, 0) is 9.53 Å². The van der Waals surface area contributed by atoms with Crippen molar-refractivity contribution in [2.45, 2.75) is 12.2 Å². The second-order valence-electron chi connectivity index (χ2n) is 5.45. The molecule has 0 aliphatic carbocycles. The van der Waals surface area contributed by atoms with Gasteiger partial charge >= 0.3 is 6.18 Å². The number of halogens is 5. The Bertz CT molecular complexity index is 614. The molecule has 0 bridgehead atoms. The number of morpholine rings is 1. The molecular formula is C16H17ClF4N2O2. The number of carbonyl (C=O) groups is 1. The van der Waals surface area contributed by atoms with E-state index in [1.165, 1.54) is 12.1 Å². The molecule has 25 heavy (non-hydrogen) atoms. The number of ether oxygens (including phenoxy) is 1. The van der Waals surface area contributed by atoms with Gasteiger partial charge in [-0.15, -0.1) is 0 Å². The number of nitrogens with zero attached hydrogens (tertiary/aromatic N) is 1. The molecule has 0 saturated carbocycles. The second kappa shape index (κ2) is 8.64. The Morgan fingerprint density at radius 2 is 1.88 bits per heavy atom. The van der Waals surface area contributed by atoms with Crippen LogP contribution in [0.2, 0.25) is 0 Å². The van der Waals surface area contributed by atoms with Crippen molar-refractivity contribution in [2.75, 3.05) is 32.8 Å². The number of nitrogens with one attached hydrogen (secondary N) is 1. The summed E-state index contributed by atoms with van der Waals surface area (Å²) in [6.07, 6.45) is -4.66. The average Bonchev–Trinajstić information content (AvgIpc) is 2.56. The van der Waals surface area contributed by atoms with E-state index >= 15 is 0 Å². The Hall–Kier alpha value is -1.64. The molecule has 1 saturated heterocycles. The zero-order chi connectivity index (χ0) is 18.4. The number of rotatable bonds is 6. The Balaban J connectivity index is 2.09. The zero-order valence-electron chi connectivity index (χ0n) is 13.2. The fraction of sp³-hybridized carbons (Fsp3) is 0.438. The van der Waals surface area contributed by atoms with Gasteiger partial charge in [-0.2, -0.15) is 13.2 Å². The van der Waals surface area contributed by atoms with Crippen LogP contribution in [0.4, 0.5) is 17.6 Å². The minimum absolute atomic E-state index is 0.159. The van der Waals surface area contributed by atoms with Gasteiger partial charge in [-0.3, -0.25) is 9.69 Å². The lowest BCUT2D eigenvalue weighted by molar-refractivity contribution is -0.165. The van der Waals surface area contributed by atoms with Crippen molar-refractivity contribution in [3.8, 4) is 0 Å². The quantitative estimate of drug-likeness (QED) is 0.468. The van der Waals surface area contributed by atoms with Gasteiger partial charge in [0.15, 0.2) is 0 Å². The van der Waals surface area contributed by atoms with Crippen LogP contribution in [0.1, 0.15) is 11.6 Å². The Labute approximate surface area is 147 Å². The fourth-order valence-electron chi connectivity index (χ4n) is 2.47. The Morgan fingerprint density at radius 1 is 1.28 bits per heavy atom. The molecule has 1 fully saturated rings. The summed E-state index contributed by atoms with van der Waals surface area (Å²) in [5.41, 5.74) is 0.780. The maximum atomic E-state index is 13.1. The highest BCUT2D eigenvalue weighted by atomic mass is 35.5. The summed E-state index contributed by atoms with van der Waals surface area (Å²) >= 11 is 5.70. The van der Waals surface area contributed by atoms with Crippen LogP contribution in [0.5, 0.6) is 0 Å². The number of carbonyl (C=O) groups excluding carboxylic acids is 1. The molecule has 138 valence electrons. The van der Waals surface area contributed by atoms with E-state index in [0.29, 0.717) is 32.4 Å². The molecule has 1 aliphatic rings. The summed E-state index contributed by atoms with van der Waals surface area (Å²) < 4.78 is 55.2. The molecule has 1 N–H and O–H groups in total. The van der Waals surface area contributed by atoms with Crippen LogP contribution in [0, 0.1) is 5.82 Å². The van der Waals surface area contributed by atoms with Crippen LogP contribution in [-0.4, -0.2) is 49.7 Å². The molecule has 0 spiro atoms. The number of benzene rings is 1. The monoisotopic (exact) mass is 380 g/mol. The van der Waals surface area contributed by atoms with E-state index in [9.17, 15) is 22.4 Å². The molecule has 9 heteroatoms. The first kappa shape index (κ1) is 19.7. The predicted octanol–water partition coefficient (Wildman–Crippen LogP) is 3.00. The molecule has 0 amide bonds. The molecule has 1 atom stereocenters. The van der Waals surface area contributed by atoms with Crippen LogP contribution >= 0.6 is 11.6 Å². The van der Waals surface area contributed by atoms with Gasteiger partial charge in [-0.05, 0) is 17.7 Å². The molecule has 1 aromatic carbocycles. The van der Waals surface area contributed by atoms with Gasteiger partial charge in [0.25, 0.3) is 5.78 Å². The summed E-state index contributed by atoms with van der Waals surface area (Å²) in [5, 5.41) is 2.23. The first-order valence-corrected chi connectivity index (χ1v) is 7.94. The topological polar surface area (TPSA) is 41.6 Å². The van der Waals surface area contributed by atoms with Gasteiger partial charge in [0.2, 0.25) is 0 Å². The molecule has 1 heterocycles. The van der Waals surface area contributed by atoms with Gasteiger partial charge in [0, 0.05) is 25.7 Å². The minimum atomic E-state index is -4.97. The van der Waals surface area contributed by atoms with E-state index in [0.717, 1.165) is 5.56 Å². The van der Waals surface area contributed by atoms with Crippen LogP contribution in [0.3, 0.4) is 0 Å². The van der Waals surface area contributed by atoms with Gasteiger partial charge in [-0.25, -0.2) is 4.39 Å². The van der Waals surface area contributed by atoms with E-state index in [-0.39, 0.29) is 18.4 Å². The lowest BCUT2D eigenvalue weighted by Gasteiger charge is -2.35. The van der Waals surface area contributed by atoms with E-state index in [2.05, 4.69) is 10.2 Å². The van der Waals surface area contributed by atoms with Gasteiger partial charge in [0.05, 0.1) is 19.3 Å². The lowest BCUT2D eigenvalue weighted by atomic mass is 10.0. The number of hydrogen-bond acceptors (Lipinski definition) is 4. The summed E-state index contributed by atoms with van der Waals surface area (Å²) in [6, 6.07) is 5.58. The fourth-order valence-corrected chi connectivity index (χ4v) is 2.65. The van der Waals surface area contributed by atoms with Gasteiger partial charge in [0.1, 0.15) is 11.0 Å². The second-order valence-corrected chi connectivity index (χ2v) is 5.86. The number of alkyl halides is 3. The SMILES string of the molecule is O=C(/C=C(\Cl)NCC(c1ccc(F)cc1)N1CCOCC1)C(F)(F)F. The predicted molar refractivity (Wildman–Crippen MR) is 84.5 cm³/mol. The van der Waals surface area contributed by atoms with E-state index in [4.69, 9.17) is 16.3 Å². The van der Waals surface area contributed by atoms with Crippen molar-refractivity contribution in [2.24, 2.45) is 0 Å². The van der Waals surface area contributed by atoms with Gasteiger partial charge in [-0.1, -0.05) is 23.7 Å².